The smallest absolute Gasteiger partial charge is 0.248 e. The van der Waals surface area contributed by atoms with Crippen LogP contribution in [-0.2, 0) is 0 Å². The fourth-order valence-electron chi connectivity index (χ4n) is 5.31. The Morgan fingerprint density at radius 1 is 0.524 bits per heavy atom. The van der Waals surface area contributed by atoms with Crippen LogP contribution >= 0.6 is 11.8 Å². The number of hydrogen-bond acceptors (Lipinski definition) is 7. The number of anilines is 2. The maximum Gasteiger partial charge on any atom is 0.248 e. The minimum absolute atomic E-state index is 0.440. The number of para-hydroxylation sites is 1. The predicted molar refractivity (Wildman–Crippen MR) is 168 cm³/mol. The Balaban J connectivity index is 1.17. The highest BCUT2D eigenvalue weighted by atomic mass is 32.2. The van der Waals surface area contributed by atoms with E-state index in [0.29, 0.717) is 11.8 Å². The zero-order chi connectivity index (χ0) is 28.0. The molecule has 1 aliphatic rings. The van der Waals surface area contributed by atoms with E-state index in [9.17, 15) is 0 Å². The first-order valence-corrected chi connectivity index (χ1v) is 14.4. The van der Waals surface area contributed by atoms with Crippen molar-refractivity contribution < 1.29 is 4.42 Å². The SMILES string of the molecule is CN1c2ccccc2Sc2cc(-c3nnc(-c4ccc5nc(-c6ccccc6)c(-c6ccccc6)nc5c4)o3)ccc21. The summed E-state index contributed by atoms with van der Waals surface area (Å²) >= 11 is 1.75. The molecule has 0 atom stereocenters. The van der Waals surface area contributed by atoms with Gasteiger partial charge in [-0.1, -0.05) is 84.6 Å². The van der Waals surface area contributed by atoms with Gasteiger partial charge in [0, 0.05) is 39.1 Å². The topological polar surface area (TPSA) is 67.9 Å². The fourth-order valence-corrected chi connectivity index (χ4v) is 6.50. The van der Waals surface area contributed by atoms with Crippen LogP contribution in [-0.4, -0.2) is 27.2 Å². The molecule has 8 rings (SSSR count). The van der Waals surface area contributed by atoms with Gasteiger partial charge in [-0.3, -0.25) is 0 Å². The third-order valence-electron chi connectivity index (χ3n) is 7.45. The minimum atomic E-state index is 0.440. The second kappa shape index (κ2) is 9.98. The Labute approximate surface area is 246 Å². The number of hydrogen-bond donors (Lipinski definition) is 0. The van der Waals surface area contributed by atoms with Crippen molar-refractivity contribution in [3.05, 3.63) is 121 Å². The molecule has 6 nitrogen and oxygen atoms in total. The standard InChI is InChI=1S/C35H23N5OS/c1-40-28-14-8-9-15-30(28)42-31-21-25(17-19-29(31)40)35-39-38-34(41-35)24-16-18-26-27(20-24)37-33(23-12-6-3-7-13-23)32(36-26)22-10-4-2-5-11-22/h2-21H,1H3. The molecule has 3 heterocycles. The van der Waals surface area contributed by atoms with E-state index in [0.717, 1.165) is 55.3 Å². The molecule has 2 aromatic heterocycles. The minimum Gasteiger partial charge on any atom is -0.416 e. The molecular formula is C35H23N5OS. The molecule has 200 valence electrons. The molecule has 0 saturated heterocycles. The van der Waals surface area contributed by atoms with Crippen molar-refractivity contribution >= 4 is 34.2 Å². The lowest BCUT2D eigenvalue weighted by Gasteiger charge is -2.29. The quantitative estimate of drug-likeness (QED) is 0.212. The Bertz CT molecular complexity index is 2090. The molecule has 0 fully saturated rings. The molecule has 7 aromatic rings. The van der Waals surface area contributed by atoms with Crippen LogP contribution in [0.1, 0.15) is 0 Å². The second-order valence-electron chi connectivity index (χ2n) is 10.1. The van der Waals surface area contributed by atoms with Gasteiger partial charge in [-0.25, -0.2) is 9.97 Å². The van der Waals surface area contributed by atoms with E-state index < -0.39 is 0 Å². The summed E-state index contributed by atoms with van der Waals surface area (Å²) in [7, 11) is 2.09. The lowest BCUT2D eigenvalue weighted by molar-refractivity contribution is 0.584. The van der Waals surface area contributed by atoms with Crippen molar-refractivity contribution in [2.75, 3.05) is 11.9 Å². The van der Waals surface area contributed by atoms with Gasteiger partial charge in [0.2, 0.25) is 11.8 Å². The molecule has 0 spiro atoms. The zero-order valence-corrected chi connectivity index (χ0v) is 23.4. The normalized spacial score (nSPS) is 12.3. The van der Waals surface area contributed by atoms with Crippen LogP contribution in [0.5, 0.6) is 0 Å². The first-order valence-electron chi connectivity index (χ1n) is 13.6. The Hall–Kier alpha value is -5.27. The first kappa shape index (κ1) is 24.5. The predicted octanol–water partition coefficient (Wildman–Crippen LogP) is 8.91. The summed E-state index contributed by atoms with van der Waals surface area (Å²) < 4.78 is 6.21. The summed E-state index contributed by atoms with van der Waals surface area (Å²) in [5.74, 6) is 0.917. The summed E-state index contributed by atoms with van der Waals surface area (Å²) in [6.45, 7) is 0. The monoisotopic (exact) mass is 561 g/mol. The number of fused-ring (bicyclic) bond motifs is 3. The molecule has 0 radical (unpaired) electrons. The van der Waals surface area contributed by atoms with Crippen molar-refractivity contribution in [2.45, 2.75) is 9.79 Å². The highest BCUT2D eigenvalue weighted by molar-refractivity contribution is 7.99. The number of benzene rings is 5. The number of nitrogens with zero attached hydrogens (tertiary/aromatic N) is 5. The van der Waals surface area contributed by atoms with Crippen LogP contribution < -0.4 is 4.90 Å². The van der Waals surface area contributed by atoms with Gasteiger partial charge in [0.1, 0.15) is 0 Å². The zero-order valence-electron chi connectivity index (χ0n) is 22.6. The van der Waals surface area contributed by atoms with E-state index in [4.69, 9.17) is 14.4 Å². The second-order valence-corrected chi connectivity index (χ2v) is 11.2. The van der Waals surface area contributed by atoms with E-state index in [-0.39, 0.29) is 0 Å². The van der Waals surface area contributed by atoms with Gasteiger partial charge in [-0.2, -0.15) is 0 Å². The molecule has 0 unspecified atom stereocenters. The summed E-state index contributed by atoms with van der Waals surface area (Å²) in [6, 6.07) is 40.9. The molecule has 1 aliphatic heterocycles. The van der Waals surface area contributed by atoms with Gasteiger partial charge in [0.15, 0.2) is 0 Å². The van der Waals surface area contributed by atoms with Crippen molar-refractivity contribution in [2.24, 2.45) is 0 Å². The van der Waals surface area contributed by atoms with Crippen LogP contribution in [0.4, 0.5) is 11.4 Å². The van der Waals surface area contributed by atoms with E-state index in [1.807, 2.05) is 60.7 Å². The van der Waals surface area contributed by atoms with Crippen LogP contribution in [0.15, 0.2) is 136 Å². The summed E-state index contributed by atoms with van der Waals surface area (Å²) in [4.78, 5) is 14.7. The molecule has 0 saturated carbocycles. The number of aromatic nitrogens is 4. The van der Waals surface area contributed by atoms with Gasteiger partial charge >= 0.3 is 0 Å². The maximum atomic E-state index is 6.21. The third-order valence-corrected chi connectivity index (χ3v) is 8.56. The van der Waals surface area contributed by atoms with E-state index >= 15 is 0 Å². The van der Waals surface area contributed by atoms with E-state index in [2.05, 4.69) is 82.8 Å². The van der Waals surface area contributed by atoms with Gasteiger partial charge < -0.3 is 9.32 Å². The lowest BCUT2D eigenvalue weighted by atomic mass is 10.0. The van der Waals surface area contributed by atoms with Crippen LogP contribution in [0.25, 0.3) is 56.5 Å². The highest BCUT2D eigenvalue weighted by Crippen LogP contribution is 2.48. The van der Waals surface area contributed by atoms with Crippen molar-refractivity contribution in [3.8, 4) is 45.4 Å². The van der Waals surface area contributed by atoms with Crippen LogP contribution in [0.2, 0.25) is 0 Å². The van der Waals surface area contributed by atoms with Gasteiger partial charge in [0.05, 0.1) is 33.8 Å². The lowest BCUT2D eigenvalue weighted by Crippen LogP contribution is -2.14. The Morgan fingerprint density at radius 2 is 1.10 bits per heavy atom. The van der Waals surface area contributed by atoms with Gasteiger partial charge in [0.25, 0.3) is 0 Å². The highest BCUT2D eigenvalue weighted by Gasteiger charge is 2.22. The molecule has 42 heavy (non-hydrogen) atoms. The fraction of sp³-hybridized carbons (Fsp3) is 0.0286. The molecule has 0 amide bonds. The van der Waals surface area contributed by atoms with Crippen molar-refractivity contribution in [1.29, 1.82) is 0 Å². The summed E-state index contributed by atoms with van der Waals surface area (Å²) in [6.07, 6.45) is 0. The summed E-state index contributed by atoms with van der Waals surface area (Å²) in [5.41, 5.74) is 9.30. The maximum absolute atomic E-state index is 6.21. The van der Waals surface area contributed by atoms with E-state index in [1.54, 1.807) is 11.8 Å². The average molecular weight is 562 g/mol. The van der Waals surface area contributed by atoms with Gasteiger partial charge in [-0.15, -0.1) is 10.2 Å². The third kappa shape index (κ3) is 4.22. The molecule has 0 N–H and O–H groups in total. The Kier molecular flexibility index (Phi) is 5.82. The van der Waals surface area contributed by atoms with Gasteiger partial charge in [-0.05, 0) is 48.5 Å². The summed E-state index contributed by atoms with van der Waals surface area (Å²) in [5, 5.41) is 8.79. The molecule has 0 aliphatic carbocycles. The number of rotatable bonds is 4. The van der Waals surface area contributed by atoms with Crippen LogP contribution in [0.3, 0.4) is 0 Å². The molecular weight excluding hydrogens is 538 g/mol. The molecule has 0 bridgehead atoms. The van der Waals surface area contributed by atoms with Crippen molar-refractivity contribution in [3.63, 3.8) is 0 Å². The van der Waals surface area contributed by atoms with Crippen molar-refractivity contribution in [1.82, 2.24) is 20.2 Å². The Morgan fingerprint density at radius 3 is 1.81 bits per heavy atom. The first-order chi connectivity index (χ1) is 20.7. The average Bonchev–Trinajstić information content (AvgIpc) is 3.55. The van der Waals surface area contributed by atoms with Crippen LogP contribution in [0, 0.1) is 0 Å². The molecule has 5 aromatic carbocycles. The van der Waals surface area contributed by atoms with E-state index in [1.165, 1.54) is 10.6 Å². The largest absolute Gasteiger partial charge is 0.416 e. The molecule has 7 heteroatoms.